The van der Waals surface area contributed by atoms with Crippen LogP contribution in [-0.4, -0.2) is 62.6 Å². The van der Waals surface area contributed by atoms with Crippen molar-refractivity contribution in [2.75, 3.05) is 29.9 Å². The monoisotopic (exact) mass is 501 g/mol. The van der Waals surface area contributed by atoms with Crippen LogP contribution in [0.1, 0.15) is 24.9 Å². The molecule has 0 amide bonds. The highest BCUT2D eigenvalue weighted by atomic mass is 19.4. The van der Waals surface area contributed by atoms with Gasteiger partial charge in [-0.15, -0.1) is 5.10 Å². The van der Waals surface area contributed by atoms with Gasteiger partial charge in [0.25, 0.3) is 0 Å². The standard InChI is InChI=1S/C21H24F5N7O2/c1-4-12-13-7-32(19-27-11(3)31-35-19)8-14(13)16(12)28-18-29-17-15(6-5-10(2)33(17)30-18)34-9-20(22,23)21(24,25)26/h5-6,12-14,16H,4,7-9H2,1-3H3,(H,28,30)/t12-,13?,14-,16-/m1/s1. The molecular weight excluding hydrogens is 477 g/mol. The van der Waals surface area contributed by atoms with Crippen LogP contribution >= 0.6 is 0 Å². The minimum Gasteiger partial charge on any atom is -0.483 e. The second-order valence-electron chi connectivity index (χ2n) is 9.10. The molecule has 1 saturated heterocycles. The molecule has 2 aliphatic rings. The Labute approximate surface area is 196 Å². The molecule has 4 atom stereocenters. The quantitative estimate of drug-likeness (QED) is 0.488. The van der Waals surface area contributed by atoms with Crippen LogP contribution in [0.5, 0.6) is 5.75 Å². The lowest BCUT2D eigenvalue weighted by atomic mass is 9.61. The zero-order valence-electron chi connectivity index (χ0n) is 19.2. The average Bonchev–Trinajstić information content (AvgIpc) is 3.49. The third kappa shape index (κ3) is 4.01. The highest BCUT2D eigenvalue weighted by Gasteiger charge is 2.58. The summed E-state index contributed by atoms with van der Waals surface area (Å²) in [5.74, 6) is -3.35. The fraction of sp³-hybridized carbons (Fsp3) is 0.619. The fourth-order valence-corrected chi connectivity index (χ4v) is 5.10. The zero-order valence-corrected chi connectivity index (χ0v) is 19.2. The lowest BCUT2D eigenvalue weighted by Gasteiger charge is -2.47. The van der Waals surface area contributed by atoms with Gasteiger partial charge in [0, 0.05) is 30.7 Å². The van der Waals surface area contributed by atoms with E-state index < -0.39 is 18.7 Å². The Kier molecular flexibility index (Phi) is 5.51. The molecule has 2 fully saturated rings. The number of nitrogens with zero attached hydrogens (tertiary/aromatic N) is 6. The van der Waals surface area contributed by atoms with Gasteiger partial charge in [-0.1, -0.05) is 18.5 Å². The molecule has 0 aromatic carbocycles. The van der Waals surface area contributed by atoms with E-state index in [1.54, 1.807) is 13.8 Å². The van der Waals surface area contributed by atoms with Gasteiger partial charge < -0.3 is 19.5 Å². The van der Waals surface area contributed by atoms with Crippen molar-refractivity contribution < 1.29 is 31.2 Å². The minimum absolute atomic E-state index is 0.0515. The summed E-state index contributed by atoms with van der Waals surface area (Å²) in [5, 5.41) is 11.6. The van der Waals surface area contributed by atoms with E-state index in [1.807, 2.05) is 0 Å². The Balaban J connectivity index is 1.34. The van der Waals surface area contributed by atoms with Gasteiger partial charge in [-0.25, -0.2) is 4.52 Å². The lowest BCUT2D eigenvalue weighted by Crippen LogP contribution is -2.54. The molecule has 4 heterocycles. The largest absolute Gasteiger partial charge is 0.483 e. The van der Waals surface area contributed by atoms with Gasteiger partial charge in [-0.05, 0) is 37.8 Å². The Bertz CT molecular complexity index is 1230. The molecule has 1 aliphatic heterocycles. The van der Waals surface area contributed by atoms with Crippen LogP contribution in [0.2, 0.25) is 0 Å². The van der Waals surface area contributed by atoms with Crippen LogP contribution in [0.15, 0.2) is 16.7 Å². The zero-order chi connectivity index (χ0) is 25.1. The molecule has 0 radical (unpaired) electrons. The van der Waals surface area contributed by atoms with Crippen molar-refractivity contribution in [3.63, 3.8) is 0 Å². The van der Waals surface area contributed by atoms with Crippen molar-refractivity contribution in [2.45, 2.75) is 45.3 Å². The van der Waals surface area contributed by atoms with E-state index in [9.17, 15) is 22.0 Å². The summed E-state index contributed by atoms with van der Waals surface area (Å²) >= 11 is 0. The van der Waals surface area contributed by atoms with E-state index in [1.165, 1.54) is 16.6 Å². The Hall–Kier alpha value is -3.19. The van der Waals surface area contributed by atoms with E-state index >= 15 is 0 Å². The molecule has 0 spiro atoms. The molecule has 14 heteroatoms. The number of nitrogens with one attached hydrogen (secondary N) is 1. The van der Waals surface area contributed by atoms with Crippen molar-refractivity contribution in [2.24, 2.45) is 17.8 Å². The predicted octanol–water partition coefficient (Wildman–Crippen LogP) is 3.88. The summed E-state index contributed by atoms with van der Waals surface area (Å²) in [6.07, 6.45) is -4.79. The number of aromatic nitrogens is 5. The molecule has 1 aliphatic carbocycles. The smallest absolute Gasteiger partial charge is 0.456 e. The summed E-state index contributed by atoms with van der Waals surface area (Å²) in [6, 6.07) is 3.37. The van der Waals surface area contributed by atoms with Crippen LogP contribution in [0.4, 0.5) is 33.9 Å². The Morgan fingerprint density at radius 2 is 1.86 bits per heavy atom. The Morgan fingerprint density at radius 1 is 1.11 bits per heavy atom. The second kappa shape index (κ2) is 8.19. The highest BCUT2D eigenvalue weighted by molar-refractivity contribution is 5.57. The number of alkyl halides is 5. The Morgan fingerprint density at radius 3 is 2.51 bits per heavy atom. The van der Waals surface area contributed by atoms with Gasteiger partial charge in [0.2, 0.25) is 5.95 Å². The normalized spacial score (nSPS) is 24.5. The van der Waals surface area contributed by atoms with Crippen molar-refractivity contribution >= 4 is 17.6 Å². The first-order valence-electron chi connectivity index (χ1n) is 11.2. The molecule has 3 aromatic rings. The first-order chi connectivity index (χ1) is 16.5. The highest BCUT2D eigenvalue weighted by Crippen LogP contribution is 2.49. The number of ether oxygens (including phenoxy) is 1. The second-order valence-corrected chi connectivity index (χ2v) is 9.10. The molecule has 1 unspecified atom stereocenters. The molecule has 1 N–H and O–H groups in total. The van der Waals surface area contributed by atoms with E-state index in [2.05, 4.69) is 37.4 Å². The number of hydrogen-bond donors (Lipinski definition) is 1. The fourth-order valence-electron chi connectivity index (χ4n) is 5.10. The van der Waals surface area contributed by atoms with Crippen molar-refractivity contribution in [3.8, 4) is 5.75 Å². The third-order valence-electron chi connectivity index (χ3n) is 6.90. The van der Waals surface area contributed by atoms with Gasteiger partial charge in [0.05, 0.1) is 0 Å². The maximum Gasteiger partial charge on any atom is 0.456 e. The van der Waals surface area contributed by atoms with E-state index in [0.717, 1.165) is 13.0 Å². The topological polar surface area (TPSA) is 93.6 Å². The molecular formula is C21H24F5N7O2. The maximum absolute atomic E-state index is 13.4. The van der Waals surface area contributed by atoms with E-state index in [0.29, 0.717) is 35.9 Å². The third-order valence-corrected chi connectivity index (χ3v) is 6.90. The summed E-state index contributed by atoms with van der Waals surface area (Å²) in [4.78, 5) is 10.7. The first-order valence-corrected chi connectivity index (χ1v) is 11.2. The SMILES string of the molecule is CC[C@@H]1C2CN(c3nc(C)no3)C[C@H]2[C@@H]1Nc1nc2c(OCC(F)(F)C(F)(F)F)ccc(C)n2n1. The predicted molar refractivity (Wildman–Crippen MR) is 114 cm³/mol. The molecule has 9 nitrogen and oxygen atoms in total. The summed E-state index contributed by atoms with van der Waals surface area (Å²) in [5.41, 5.74) is 0.677. The van der Waals surface area contributed by atoms with Gasteiger partial charge in [-0.3, -0.25) is 0 Å². The van der Waals surface area contributed by atoms with Gasteiger partial charge >= 0.3 is 18.1 Å². The summed E-state index contributed by atoms with van der Waals surface area (Å²) < 4.78 is 75.8. The number of halogens is 5. The molecule has 35 heavy (non-hydrogen) atoms. The van der Waals surface area contributed by atoms with Gasteiger partial charge in [0.15, 0.2) is 23.8 Å². The minimum atomic E-state index is -5.71. The van der Waals surface area contributed by atoms with E-state index in [4.69, 9.17) is 9.26 Å². The van der Waals surface area contributed by atoms with Crippen LogP contribution < -0.4 is 15.0 Å². The van der Waals surface area contributed by atoms with Crippen LogP contribution in [-0.2, 0) is 0 Å². The number of pyridine rings is 1. The summed E-state index contributed by atoms with van der Waals surface area (Å²) in [6.45, 7) is 5.24. The number of hydrogen-bond acceptors (Lipinski definition) is 8. The molecule has 0 bridgehead atoms. The maximum atomic E-state index is 13.4. The van der Waals surface area contributed by atoms with Crippen LogP contribution in [0, 0.1) is 31.6 Å². The van der Waals surface area contributed by atoms with E-state index in [-0.39, 0.29) is 29.3 Å². The first kappa shape index (κ1) is 23.5. The average molecular weight is 501 g/mol. The summed E-state index contributed by atoms with van der Waals surface area (Å²) in [7, 11) is 0. The molecule has 3 aromatic heterocycles. The number of fused-ring (bicyclic) bond motifs is 2. The van der Waals surface area contributed by atoms with Gasteiger partial charge in [-0.2, -0.15) is 31.9 Å². The van der Waals surface area contributed by atoms with Crippen LogP contribution in [0.3, 0.4) is 0 Å². The number of rotatable bonds is 7. The molecule has 5 rings (SSSR count). The van der Waals surface area contributed by atoms with Crippen LogP contribution in [0.25, 0.3) is 5.65 Å². The van der Waals surface area contributed by atoms with Crippen molar-refractivity contribution in [1.82, 2.24) is 24.7 Å². The molecule has 190 valence electrons. The number of anilines is 2. The lowest BCUT2D eigenvalue weighted by molar-refractivity contribution is -0.289. The number of aryl methyl sites for hydroxylation is 2. The molecule has 1 saturated carbocycles. The van der Waals surface area contributed by atoms with Gasteiger partial charge in [0.1, 0.15) is 0 Å². The van der Waals surface area contributed by atoms with Crippen molar-refractivity contribution in [1.29, 1.82) is 0 Å². The van der Waals surface area contributed by atoms with Crippen molar-refractivity contribution in [3.05, 3.63) is 23.7 Å².